The molecule has 0 radical (unpaired) electrons. The number of ketones is 1. The molecule has 3 aliphatic rings. The highest BCUT2D eigenvalue weighted by Gasteiger charge is 2.45. The zero-order valence-electron chi connectivity index (χ0n) is 14.5. The molecule has 1 saturated carbocycles. The average molecular weight is 346 g/mol. The molecule has 3 fully saturated rings. The number of halogens is 2. The van der Waals surface area contributed by atoms with Crippen molar-refractivity contribution < 1.29 is 27.8 Å². The molecule has 6 heteroatoms. The summed E-state index contributed by atoms with van der Waals surface area (Å²) in [6.07, 6.45) is -1.35. The Kier molecular flexibility index (Phi) is 5.88. The molecule has 2 aliphatic heterocycles. The smallest absolute Gasteiger partial charge is 0.218 e. The van der Waals surface area contributed by atoms with Gasteiger partial charge in [0, 0.05) is 12.5 Å². The Balaban J connectivity index is 1.50. The number of carbonyl (C=O) groups is 1. The van der Waals surface area contributed by atoms with Crippen LogP contribution in [0.25, 0.3) is 0 Å². The van der Waals surface area contributed by atoms with Gasteiger partial charge in [0.05, 0.1) is 25.2 Å². The second kappa shape index (κ2) is 7.75. The molecule has 2 heterocycles. The van der Waals surface area contributed by atoms with Crippen molar-refractivity contribution in [3.8, 4) is 0 Å². The molecular weight excluding hydrogens is 318 g/mol. The molecule has 0 aromatic rings. The summed E-state index contributed by atoms with van der Waals surface area (Å²) in [4.78, 5) is 12.5. The van der Waals surface area contributed by atoms with Crippen LogP contribution in [-0.4, -0.2) is 50.3 Å². The molecule has 24 heavy (non-hydrogen) atoms. The quantitative estimate of drug-likeness (QED) is 0.788. The fourth-order valence-electron chi connectivity index (χ4n) is 3.94. The van der Waals surface area contributed by atoms with Crippen LogP contribution in [-0.2, 0) is 19.0 Å². The topological polar surface area (TPSA) is 44.8 Å². The van der Waals surface area contributed by atoms with E-state index in [1.165, 1.54) is 0 Å². The molecule has 3 rings (SSSR count). The van der Waals surface area contributed by atoms with E-state index in [2.05, 4.69) is 6.92 Å². The number of ether oxygens (including phenoxy) is 3. The fraction of sp³-hybridized carbons (Fsp3) is 0.944. The molecule has 0 spiro atoms. The van der Waals surface area contributed by atoms with Crippen LogP contribution < -0.4 is 0 Å². The summed E-state index contributed by atoms with van der Waals surface area (Å²) in [6.45, 7) is 5.32. The van der Waals surface area contributed by atoms with Gasteiger partial charge < -0.3 is 14.2 Å². The third kappa shape index (κ3) is 3.81. The molecule has 0 aromatic heterocycles. The summed E-state index contributed by atoms with van der Waals surface area (Å²) in [5.74, 6) is -1.07. The predicted molar refractivity (Wildman–Crippen MR) is 84.0 cm³/mol. The molecule has 0 bridgehead atoms. The minimum Gasteiger partial charge on any atom is -0.377 e. The Morgan fingerprint density at radius 1 is 0.875 bits per heavy atom. The first kappa shape index (κ1) is 18.2. The van der Waals surface area contributed by atoms with Crippen LogP contribution in [0.3, 0.4) is 0 Å². The minimum absolute atomic E-state index is 0.0944. The summed E-state index contributed by atoms with van der Waals surface area (Å²) in [5.41, 5.74) is 0. The molecule has 138 valence electrons. The molecule has 1 aliphatic carbocycles. The van der Waals surface area contributed by atoms with Crippen molar-refractivity contribution in [3.05, 3.63) is 0 Å². The number of alkyl halides is 2. The van der Waals surface area contributed by atoms with Crippen molar-refractivity contribution in [2.24, 2.45) is 23.7 Å². The van der Waals surface area contributed by atoms with Crippen LogP contribution in [0.1, 0.15) is 39.5 Å². The van der Waals surface area contributed by atoms with Crippen molar-refractivity contribution in [2.75, 3.05) is 19.8 Å². The Bertz CT molecular complexity index is 431. The lowest BCUT2D eigenvalue weighted by atomic mass is 9.78. The third-order valence-electron chi connectivity index (χ3n) is 5.75. The van der Waals surface area contributed by atoms with Gasteiger partial charge in [0.1, 0.15) is 12.3 Å². The van der Waals surface area contributed by atoms with Crippen LogP contribution in [0.15, 0.2) is 0 Å². The van der Waals surface area contributed by atoms with Gasteiger partial charge in [-0.1, -0.05) is 13.8 Å². The number of carbonyl (C=O) groups excluding carboxylic acids is 1. The van der Waals surface area contributed by atoms with E-state index in [1.54, 1.807) is 6.92 Å². The van der Waals surface area contributed by atoms with E-state index in [4.69, 9.17) is 14.2 Å². The summed E-state index contributed by atoms with van der Waals surface area (Å²) >= 11 is 0. The number of hydrogen-bond acceptors (Lipinski definition) is 4. The maximum absolute atomic E-state index is 14.2. The van der Waals surface area contributed by atoms with E-state index in [0.29, 0.717) is 32.0 Å². The van der Waals surface area contributed by atoms with Crippen LogP contribution in [0.2, 0.25) is 0 Å². The zero-order chi connectivity index (χ0) is 17.3. The lowest BCUT2D eigenvalue weighted by Crippen LogP contribution is -2.49. The van der Waals surface area contributed by atoms with Crippen LogP contribution in [0.4, 0.5) is 8.78 Å². The monoisotopic (exact) mass is 346 g/mol. The largest absolute Gasteiger partial charge is 0.377 e. The van der Waals surface area contributed by atoms with Crippen molar-refractivity contribution in [2.45, 2.75) is 64.3 Å². The lowest BCUT2D eigenvalue weighted by Gasteiger charge is -2.38. The van der Waals surface area contributed by atoms with Gasteiger partial charge in [-0.15, -0.1) is 0 Å². The Morgan fingerprint density at radius 3 is 2.21 bits per heavy atom. The van der Waals surface area contributed by atoms with Crippen LogP contribution in [0, 0.1) is 23.7 Å². The summed E-state index contributed by atoms with van der Waals surface area (Å²) in [6, 6.07) is 0. The van der Waals surface area contributed by atoms with Crippen LogP contribution in [0.5, 0.6) is 0 Å². The van der Waals surface area contributed by atoms with Gasteiger partial charge in [-0.3, -0.25) is 4.79 Å². The number of rotatable bonds is 3. The average Bonchev–Trinajstić information content (AvgIpc) is 2.60. The van der Waals surface area contributed by atoms with E-state index < -0.39 is 30.3 Å². The van der Waals surface area contributed by atoms with Crippen LogP contribution >= 0.6 is 0 Å². The van der Waals surface area contributed by atoms with E-state index in [-0.39, 0.29) is 17.9 Å². The molecular formula is C18H28F2O4. The molecule has 2 saturated heterocycles. The lowest BCUT2D eigenvalue weighted by molar-refractivity contribution is -0.224. The van der Waals surface area contributed by atoms with Crippen molar-refractivity contribution in [1.82, 2.24) is 0 Å². The van der Waals surface area contributed by atoms with Crippen molar-refractivity contribution in [3.63, 3.8) is 0 Å². The van der Waals surface area contributed by atoms with Gasteiger partial charge in [-0.25, -0.2) is 8.78 Å². The SMILES string of the molecule is CC1CCC(C2COC(C(=O)C3CCC(C)C(F)C3F)OC2)OC1. The second-order valence-corrected chi connectivity index (χ2v) is 7.77. The van der Waals surface area contributed by atoms with Crippen molar-refractivity contribution >= 4 is 5.78 Å². The minimum atomic E-state index is -1.76. The van der Waals surface area contributed by atoms with E-state index in [1.807, 2.05) is 0 Å². The summed E-state index contributed by atoms with van der Waals surface area (Å²) < 4.78 is 45.0. The Morgan fingerprint density at radius 2 is 1.58 bits per heavy atom. The fourth-order valence-corrected chi connectivity index (χ4v) is 3.94. The van der Waals surface area contributed by atoms with Gasteiger partial charge in [-0.05, 0) is 37.5 Å². The highest BCUT2D eigenvalue weighted by Crippen LogP contribution is 2.36. The van der Waals surface area contributed by atoms with Gasteiger partial charge in [0.25, 0.3) is 0 Å². The second-order valence-electron chi connectivity index (χ2n) is 7.77. The van der Waals surface area contributed by atoms with Crippen molar-refractivity contribution in [1.29, 1.82) is 0 Å². The highest BCUT2D eigenvalue weighted by atomic mass is 19.2. The first-order valence-corrected chi connectivity index (χ1v) is 9.14. The zero-order valence-corrected chi connectivity index (χ0v) is 14.5. The molecule has 4 nitrogen and oxygen atoms in total. The third-order valence-corrected chi connectivity index (χ3v) is 5.75. The molecule has 0 amide bonds. The van der Waals surface area contributed by atoms with Gasteiger partial charge in [-0.2, -0.15) is 0 Å². The number of hydrogen-bond donors (Lipinski definition) is 0. The summed E-state index contributed by atoms with van der Waals surface area (Å²) in [5, 5.41) is 0. The molecule has 0 aromatic carbocycles. The van der Waals surface area contributed by atoms with Gasteiger partial charge in [0.15, 0.2) is 5.78 Å². The standard InChI is InChI=1S/C18H28F2O4/c1-10-3-6-14(22-7-10)12-8-23-18(24-9-12)17(21)13-5-4-11(2)15(19)16(13)20/h10-16,18H,3-9H2,1-2H3. The maximum Gasteiger partial charge on any atom is 0.218 e. The first-order valence-electron chi connectivity index (χ1n) is 9.14. The Labute approximate surface area is 142 Å². The van der Waals surface area contributed by atoms with E-state index in [0.717, 1.165) is 19.4 Å². The van der Waals surface area contributed by atoms with E-state index >= 15 is 0 Å². The molecule has 0 N–H and O–H groups in total. The highest BCUT2D eigenvalue weighted by molar-refractivity contribution is 5.85. The van der Waals surface area contributed by atoms with Gasteiger partial charge in [0.2, 0.25) is 6.29 Å². The number of Topliss-reactive ketones (excluding diaryl/α,β-unsaturated/α-hetero) is 1. The maximum atomic E-state index is 14.2. The van der Waals surface area contributed by atoms with Gasteiger partial charge >= 0.3 is 0 Å². The Hall–Kier alpha value is -0.590. The van der Waals surface area contributed by atoms with E-state index in [9.17, 15) is 13.6 Å². The predicted octanol–water partition coefficient (Wildman–Crippen LogP) is 3.08. The summed E-state index contributed by atoms with van der Waals surface area (Å²) in [7, 11) is 0. The molecule has 6 atom stereocenters. The first-order chi connectivity index (χ1) is 11.5. The molecule has 6 unspecified atom stereocenters. The normalized spacial score (nSPS) is 47.3.